The van der Waals surface area contributed by atoms with Gasteiger partial charge in [-0.05, 0) is 38.1 Å². The molecule has 1 atom stereocenters. The van der Waals surface area contributed by atoms with E-state index in [1.165, 1.54) is 6.08 Å². The maximum absolute atomic E-state index is 12.3. The van der Waals surface area contributed by atoms with Gasteiger partial charge in [0, 0.05) is 55.9 Å². The van der Waals surface area contributed by atoms with Crippen LogP contribution in [-0.4, -0.2) is 57.5 Å². The third kappa shape index (κ3) is 3.64. The number of hydrogen-bond acceptors (Lipinski definition) is 4. The number of carbonyl (C=O) groups excluding carboxylic acids is 1. The molecule has 0 N–H and O–H groups in total. The fourth-order valence-corrected chi connectivity index (χ4v) is 3.36. The molecule has 0 aromatic carbocycles. The highest BCUT2D eigenvalue weighted by molar-refractivity contribution is 5.87. The molecule has 0 bridgehead atoms. The fourth-order valence-electron chi connectivity index (χ4n) is 3.36. The SMILES string of the molecule is C=CC(=O)N1CCN(CCn2c(=O)ccc3ccc(C)nc32)C(C)C1. The second-order valence-corrected chi connectivity index (χ2v) is 6.56. The molecule has 132 valence electrons. The van der Waals surface area contributed by atoms with Crippen molar-refractivity contribution in [2.24, 2.45) is 0 Å². The molecule has 25 heavy (non-hydrogen) atoms. The average Bonchev–Trinajstić information content (AvgIpc) is 2.61. The van der Waals surface area contributed by atoms with E-state index in [1.807, 2.05) is 30.0 Å². The molecule has 3 rings (SSSR count). The Balaban J connectivity index is 1.74. The second-order valence-electron chi connectivity index (χ2n) is 6.56. The zero-order valence-electron chi connectivity index (χ0n) is 14.8. The summed E-state index contributed by atoms with van der Waals surface area (Å²) in [6.45, 7) is 11.1. The van der Waals surface area contributed by atoms with Crippen molar-refractivity contribution >= 4 is 16.9 Å². The highest BCUT2D eigenvalue weighted by Crippen LogP contribution is 2.13. The Morgan fingerprint density at radius 1 is 1.28 bits per heavy atom. The van der Waals surface area contributed by atoms with Gasteiger partial charge in [0.15, 0.2) is 0 Å². The van der Waals surface area contributed by atoms with Crippen LogP contribution in [0.15, 0.2) is 41.7 Å². The minimum atomic E-state index is -0.0290. The van der Waals surface area contributed by atoms with Crippen molar-refractivity contribution in [1.82, 2.24) is 19.4 Å². The van der Waals surface area contributed by atoms with E-state index in [-0.39, 0.29) is 17.5 Å². The van der Waals surface area contributed by atoms with Crippen molar-refractivity contribution in [3.8, 4) is 0 Å². The van der Waals surface area contributed by atoms with Crippen LogP contribution < -0.4 is 5.56 Å². The number of carbonyl (C=O) groups is 1. The molecular weight excluding hydrogens is 316 g/mol. The molecule has 1 saturated heterocycles. The van der Waals surface area contributed by atoms with Gasteiger partial charge < -0.3 is 4.90 Å². The summed E-state index contributed by atoms with van der Waals surface area (Å²) in [5.41, 5.74) is 1.61. The van der Waals surface area contributed by atoms with Gasteiger partial charge >= 0.3 is 0 Å². The van der Waals surface area contributed by atoms with Crippen molar-refractivity contribution < 1.29 is 4.79 Å². The van der Waals surface area contributed by atoms with Crippen LogP contribution in [0.2, 0.25) is 0 Å². The summed E-state index contributed by atoms with van der Waals surface area (Å²) in [5.74, 6) is -0.0172. The topological polar surface area (TPSA) is 58.4 Å². The van der Waals surface area contributed by atoms with Gasteiger partial charge in [0.1, 0.15) is 5.65 Å². The lowest BCUT2D eigenvalue weighted by Crippen LogP contribution is -2.54. The Kier molecular flexibility index (Phi) is 4.99. The summed E-state index contributed by atoms with van der Waals surface area (Å²) in [5, 5.41) is 0.972. The highest BCUT2D eigenvalue weighted by atomic mass is 16.2. The predicted octanol–water partition coefficient (Wildman–Crippen LogP) is 1.42. The number of rotatable bonds is 4. The van der Waals surface area contributed by atoms with Crippen molar-refractivity contribution in [2.75, 3.05) is 26.2 Å². The van der Waals surface area contributed by atoms with Crippen LogP contribution in [0.4, 0.5) is 0 Å². The molecule has 2 aromatic heterocycles. The van der Waals surface area contributed by atoms with Crippen LogP contribution in [0.1, 0.15) is 12.6 Å². The van der Waals surface area contributed by atoms with Crippen LogP contribution in [-0.2, 0) is 11.3 Å². The first-order valence-electron chi connectivity index (χ1n) is 8.62. The molecule has 6 heteroatoms. The number of fused-ring (bicyclic) bond motifs is 1. The van der Waals surface area contributed by atoms with E-state index in [0.717, 1.165) is 29.8 Å². The van der Waals surface area contributed by atoms with Crippen molar-refractivity contribution in [3.63, 3.8) is 0 Å². The van der Waals surface area contributed by atoms with Crippen LogP contribution in [0.25, 0.3) is 11.0 Å². The van der Waals surface area contributed by atoms with Gasteiger partial charge in [0.25, 0.3) is 5.56 Å². The van der Waals surface area contributed by atoms with E-state index >= 15 is 0 Å². The van der Waals surface area contributed by atoms with Crippen LogP contribution in [0, 0.1) is 6.92 Å². The Hall–Kier alpha value is -2.47. The van der Waals surface area contributed by atoms with E-state index in [4.69, 9.17) is 0 Å². The summed E-state index contributed by atoms with van der Waals surface area (Å²) in [7, 11) is 0. The third-order valence-electron chi connectivity index (χ3n) is 4.83. The molecule has 0 saturated carbocycles. The summed E-state index contributed by atoms with van der Waals surface area (Å²) >= 11 is 0. The number of pyridine rings is 2. The molecule has 0 radical (unpaired) electrons. The number of aromatic nitrogens is 2. The van der Waals surface area contributed by atoms with Crippen molar-refractivity contribution in [1.29, 1.82) is 0 Å². The lowest BCUT2D eigenvalue weighted by atomic mass is 10.2. The first kappa shape index (κ1) is 17.4. The summed E-state index contributed by atoms with van der Waals surface area (Å²) in [6, 6.07) is 7.62. The molecule has 0 aliphatic carbocycles. The van der Waals surface area contributed by atoms with Gasteiger partial charge in [-0.1, -0.05) is 6.58 Å². The third-order valence-corrected chi connectivity index (χ3v) is 4.83. The van der Waals surface area contributed by atoms with Crippen molar-refractivity contribution in [3.05, 3.63) is 53.0 Å². The highest BCUT2D eigenvalue weighted by Gasteiger charge is 2.25. The quantitative estimate of drug-likeness (QED) is 0.790. The van der Waals surface area contributed by atoms with Crippen LogP contribution in [0.5, 0.6) is 0 Å². The smallest absolute Gasteiger partial charge is 0.252 e. The van der Waals surface area contributed by atoms with E-state index in [2.05, 4.69) is 23.4 Å². The maximum Gasteiger partial charge on any atom is 0.252 e. The second kappa shape index (κ2) is 7.19. The molecule has 1 aliphatic heterocycles. The molecular formula is C19H24N4O2. The standard InChI is InChI=1S/C19H24N4O2/c1-4-17(24)22-10-9-21(15(3)13-22)11-12-23-18(25)8-7-16-6-5-14(2)20-19(16)23/h4-8,15H,1,9-13H2,2-3H3. The molecule has 1 amide bonds. The van der Waals surface area contributed by atoms with Gasteiger partial charge in [-0.15, -0.1) is 0 Å². The number of amides is 1. The normalized spacial score (nSPS) is 18.5. The largest absolute Gasteiger partial charge is 0.336 e. The van der Waals surface area contributed by atoms with Gasteiger partial charge in [-0.3, -0.25) is 19.1 Å². The Morgan fingerprint density at radius 2 is 2.04 bits per heavy atom. The lowest BCUT2D eigenvalue weighted by Gasteiger charge is -2.39. The zero-order valence-corrected chi connectivity index (χ0v) is 14.8. The van der Waals surface area contributed by atoms with Crippen LogP contribution in [0.3, 0.4) is 0 Å². The Bertz CT molecular complexity index is 858. The number of aryl methyl sites for hydroxylation is 1. The van der Waals surface area contributed by atoms with E-state index in [0.29, 0.717) is 19.6 Å². The molecule has 1 aliphatic rings. The van der Waals surface area contributed by atoms with E-state index in [9.17, 15) is 9.59 Å². The van der Waals surface area contributed by atoms with Gasteiger partial charge in [-0.25, -0.2) is 4.98 Å². The Labute approximate surface area is 147 Å². The van der Waals surface area contributed by atoms with Gasteiger partial charge in [-0.2, -0.15) is 0 Å². The minimum Gasteiger partial charge on any atom is -0.336 e. The van der Waals surface area contributed by atoms with Gasteiger partial charge in [0.05, 0.1) is 0 Å². The predicted molar refractivity (Wildman–Crippen MR) is 98.6 cm³/mol. The van der Waals surface area contributed by atoms with E-state index in [1.54, 1.807) is 10.6 Å². The molecule has 3 heterocycles. The number of nitrogens with zero attached hydrogens (tertiary/aromatic N) is 4. The average molecular weight is 340 g/mol. The number of piperazine rings is 1. The van der Waals surface area contributed by atoms with Gasteiger partial charge in [0.2, 0.25) is 5.91 Å². The minimum absolute atomic E-state index is 0.0172. The number of hydrogen-bond donors (Lipinski definition) is 0. The molecule has 2 aromatic rings. The molecule has 1 fully saturated rings. The molecule has 1 unspecified atom stereocenters. The summed E-state index contributed by atoms with van der Waals surface area (Å²) in [6.07, 6.45) is 1.37. The maximum atomic E-state index is 12.3. The first-order valence-corrected chi connectivity index (χ1v) is 8.62. The molecule has 0 spiro atoms. The zero-order chi connectivity index (χ0) is 18.0. The lowest BCUT2D eigenvalue weighted by molar-refractivity contribution is -0.128. The van der Waals surface area contributed by atoms with Crippen molar-refractivity contribution in [2.45, 2.75) is 26.4 Å². The first-order chi connectivity index (χ1) is 12.0. The summed E-state index contributed by atoms with van der Waals surface area (Å²) in [4.78, 5) is 32.8. The fraction of sp³-hybridized carbons (Fsp3) is 0.421. The Morgan fingerprint density at radius 3 is 2.76 bits per heavy atom. The summed E-state index contributed by atoms with van der Waals surface area (Å²) < 4.78 is 1.75. The van der Waals surface area contributed by atoms with E-state index < -0.39 is 0 Å². The monoisotopic (exact) mass is 340 g/mol. The van der Waals surface area contributed by atoms with Crippen LogP contribution >= 0.6 is 0 Å². The molecule has 6 nitrogen and oxygen atoms in total.